The van der Waals surface area contributed by atoms with Crippen molar-refractivity contribution in [1.82, 2.24) is 5.32 Å². The normalized spacial score (nSPS) is 15.3. The molecule has 2 aromatic carbocycles. The summed E-state index contributed by atoms with van der Waals surface area (Å²) in [4.78, 5) is 12.1. The third-order valence-corrected chi connectivity index (χ3v) is 3.60. The largest absolute Gasteiger partial charge is 0.398 e. The Morgan fingerprint density at radius 1 is 1.17 bits per heavy atom. The SMILES string of the molecule is Nc1cc2ccccc2cc1C(=O)NC1CCC1. The smallest absolute Gasteiger partial charge is 0.253 e. The topological polar surface area (TPSA) is 55.1 Å². The number of anilines is 1. The zero-order chi connectivity index (χ0) is 12.5. The minimum atomic E-state index is -0.0528. The molecule has 18 heavy (non-hydrogen) atoms. The van der Waals surface area contributed by atoms with Crippen LogP contribution in [0.25, 0.3) is 10.8 Å². The van der Waals surface area contributed by atoms with Gasteiger partial charge in [-0.05, 0) is 42.2 Å². The van der Waals surface area contributed by atoms with Crippen LogP contribution in [0.4, 0.5) is 5.69 Å². The highest BCUT2D eigenvalue weighted by Gasteiger charge is 2.21. The molecule has 3 N–H and O–H groups in total. The van der Waals surface area contributed by atoms with E-state index in [0.29, 0.717) is 17.3 Å². The predicted molar refractivity (Wildman–Crippen MR) is 73.5 cm³/mol. The van der Waals surface area contributed by atoms with Crippen LogP contribution >= 0.6 is 0 Å². The third-order valence-electron chi connectivity index (χ3n) is 3.60. The fourth-order valence-corrected chi connectivity index (χ4v) is 2.27. The lowest BCUT2D eigenvalue weighted by Gasteiger charge is -2.26. The fourth-order valence-electron chi connectivity index (χ4n) is 2.27. The number of rotatable bonds is 2. The number of nitrogens with two attached hydrogens (primary N) is 1. The van der Waals surface area contributed by atoms with E-state index in [0.717, 1.165) is 23.6 Å². The van der Waals surface area contributed by atoms with Crippen molar-refractivity contribution in [2.75, 3.05) is 5.73 Å². The highest BCUT2D eigenvalue weighted by molar-refractivity contribution is 6.04. The van der Waals surface area contributed by atoms with E-state index in [2.05, 4.69) is 5.32 Å². The Balaban J connectivity index is 1.94. The number of carbonyl (C=O) groups is 1. The number of amides is 1. The first-order chi connectivity index (χ1) is 8.74. The summed E-state index contributed by atoms with van der Waals surface area (Å²) < 4.78 is 0. The Labute approximate surface area is 106 Å². The summed E-state index contributed by atoms with van der Waals surface area (Å²) in [5.74, 6) is -0.0528. The molecule has 92 valence electrons. The number of nitrogens with one attached hydrogen (secondary N) is 1. The number of carbonyl (C=O) groups excluding carboxylic acids is 1. The molecule has 0 aromatic heterocycles. The Kier molecular flexibility index (Phi) is 2.67. The monoisotopic (exact) mass is 240 g/mol. The summed E-state index contributed by atoms with van der Waals surface area (Å²) in [6, 6.07) is 12.0. The van der Waals surface area contributed by atoms with Crippen molar-refractivity contribution in [2.24, 2.45) is 0 Å². The highest BCUT2D eigenvalue weighted by Crippen LogP contribution is 2.23. The van der Waals surface area contributed by atoms with Gasteiger partial charge in [0.05, 0.1) is 5.56 Å². The average Bonchev–Trinajstić information content (AvgIpc) is 2.32. The zero-order valence-electron chi connectivity index (χ0n) is 10.1. The van der Waals surface area contributed by atoms with Gasteiger partial charge >= 0.3 is 0 Å². The van der Waals surface area contributed by atoms with E-state index in [1.807, 2.05) is 36.4 Å². The maximum atomic E-state index is 12.1. The standard InChI is InChI=1S/C15H16N2O/c16-14-9-11-5-2-1-4-10(11)8-13(14)15(18)17-12-6-3-7-12/h1-2,4-5,8-9,12H,3,6-7,16H2,(H,17,18). The molecule has 0 spiro atoms. The molecule has 1 fully saturated rings. The van der Waals surface area contributed by atoms with Gasteiger partial charge in [-0.15, -0.1) is 0 Å². The molecule has 3 rings (SSSR count). The molecule has 2 aromatic rings. The molecule has 0 saturated heterocycles. The van der Waals surface area contributed by atoms with E-state index in [1.54, 1.807) is 0 Å². The Morgan fingerprint density at radius 2 is 1.83 bits per heavy atom. The molecule has 1 amide bonds. The lowest BCUT2D eigenvalue weighted by atomic mass is 9.92. The lowest BCUT2D eigenvalue weighted by Crippen LogP contribution is -2.39. The minimum absolute atomic E-state index is 0.0528. The van der Waals surface area contributed by atoms with Crippen LogP contribution in [-0.4, -0.2) is 11.9 Å². The summed E-state index contributed by atoms with van der Waals surface area (Å²) in [5.41, 5.74) is 7.09. The maximum Gasteiger partial charge on any atom is 0.253 e. The molecular formula is C15H16N2O. The second-order valence-electron chi connectivity index (χ2n) is 4.89. The summed E-state index contributed by atoms with van der Waals surface area (Å²) in [5, 5.41) is 5.13. The number of nitrogen functional groups attached to an aromatic ring is 1. The number of fused-ring (bicyclic) bond motifs is 1. The quantitative estimate of drug-likeness (QED) is 0.793. The molecule has 0 radical (unpaired) electrons. The van der Waals surface area contributed by atoms with Gasteiger partial charge in [0.1, 0.15) is 0 Å². The van der Waals surface area contributed by atoms with E-state index in [1.165, 1.54) is 6.42 Å². The molecule has 0 bridgehead atoms. The fraction of sp³-hybridized carbons (Fsp3) is 0.267. The van der Waals surface area contributed by atoms with E-state index >= 15 is 0 Å². The van der Waals surface area contributed by atoms with Crippen LogP contribution in [0.3, 0.4) is 0 Å². The van der Waals surface area contributed by atoms with Crippen molar-refractivity contribution in [3.8, 4) is 0 Å². The van der Waals surface area contributed by atoms with Gasteiger partial charge in [-0.25, -0.2) is 0 Å². The van der Waals surface area contributed by atoms with E-state index < -0.39 is 0 Å². The van der Waals surface area contributed by atoms with Crippen LogP contribution in [0.1, 0.15) is 29.6 Å². The zero-order valence-corrected chi connectivity index (χ0v) is 10.1. The summed E-state index contributed by atoms with van der Waals surface area (Å²) in [7, 11) is 0. The molecule has 0 atom stereocenters. The number of hydrogen-bond acceptors (Lipinski definition) is 2. The van der Waals surface area contributed by atoms with Gasteiger partial charge in [-0.2, -0.15) is 0 Å². The van der Waals surface area contributed by atoms with Crippen molar-refractivity contribution in [3.05, 3.63) is 42.0 Å². The van der Waals surface area contributed by atoms with Crippen LogP contribution in [0, 0.1) is 0 Å². The molecule has 3 heteroatoms. The summed E-state index contributed by atoms with van der Waals surface area (Å²) >= 11 is 0. The molecule has 1 aliphatic rings. The maximum absolute atomic E-state index is 12.1. The second kappa shape index (κ2) is 4.33. The summed E-state index contributed by atoms with van der Waals surface area (Å²) in [6.07, 6.45) is 3.37. The van der Waals surface area contributed by atoms with Crippen molar-refractivity contribution in [2.45, 2.75) is 25.3 Å². The molecule has 1 saturated carbocycles. The van der Waals surface area contributed by atoms with Crippen LogP contribution in [0.2, 0.25) is 0 Å². The van der Waals surface area contributed by atoms with Gasteiger partial charge in [0.2, 0.25) is 0 Å². The second-order valence-corrected chi connectivity index (χ2v) is 4.89. The van der Waals surface area contributed by atoms with Crippen molar-refractivity contribution >= 4 is 22.4 Å². The Hall–Kier alpha value is -2.03. The Morgan fingerprint density at radius 3 is 2.44 bits per heavy atom. The molecule has 1 aliphatic carbocycles. The molecule has 3 nitrogen and oxygen atoms in total. The first-order valence-corrected chi connectivity index (χ1v) is 6.33. The van der Waals surface area contributed by atoms with Crippen LogP contribution in [0.5, 0.6) is 0 Å². The van der Waals surface area contributed by atoms with Gasteiger partial charge in [0.25, 0.3) is 5.91 Å². The van der Waals surface area contributed by atoms with Crippen molar-refractivity contribution in [1.29, 1.82) is 0 Å². The lowest BCUT2D eigenvalue weighted by molar-refractivity contribution is 0.0918. The van der Waals surface area contributed by atoms with Crippen molar-refractivity contribution in [3.63, 3.8) is 0 Å². The van der Waals surface area contributed by atoms with Crippen molar-refractivity contribution < 1.29 is 4.79 Å². The number of hydrogen-bond donors (Lipinski definition) is 2. The molecule has 0 unspecified atom stereocenters. The van der Waals surface area contributed by atoms with Crippen LogP contribution in [0.15, 0.2) is 36.4 Å². The van der Waals surface area contributed by atoms with Gasteiger partial charge in [0.15, 0.2) is 0 Å². The van der Waals surface area contributed by atoms with Gasteiger partial charge in [0, 0.05) is 11.7 Å². The minimum Gasteiger partial charge on any atom is -0.398 e. The average molecular weight is 240 g/mol. The molecule has 0 aliphatic heterocycles. The predicted octanol–water partition coefficient (Wildman–Crippen LogP) is 2.70. The van der Waals surface area contributed by atoms with Crippen LogP contribution in [-0.2, 0) is 0 Å². The third kappa shape index (κ3) is 1.92. The van der Waals surface area contributed by atoms with E-state index in [4.69, 9.17) is 5.73 Å². The Bertz CT molecular complexity index is 602. The van der Waals surface area contributed by atoms with Crippen LogP contribution < -0.4 is 11.1 Å². The highest BCUT2D eigenvalue weighted by atomic mass is 16.1. The summed E-state index contributed by atoms with van der Waals surface area (Å²) in [6.45, 7) is 0. The van der Waals surface area contributed by atoms with Gasteiger partial charge < -0.3 is 11.1 Å². The van der Waals surface area contributed by atoms with E-state index in [-0.39, 0.29) is 5.91 Å². The van der Waals surface area contributed by atoms with Gasteiger partial charge in [-0.1, -0.05) is 24.3 Å². The first-order valence-electron chi connectivity index (χ1n) is 6.33. The first kappa shape index (κ1) is 11.1. The number of benzene rings is 2. The molecule has 0 heterocycles. The van der Waals surface area contributed by atoms with E-state index in [9.17, 15) is 4.79 Å². The molecular weight excluding hydrogens is 224 g/mol. The van der Waals surface area contributed by atoms with Gasteiger partial charge in [-0.3, -0.25) is 4.79 Å².